The lowest BCUT2D eigenvalue weighted by Crippen LogP contribution is -2.34. The summed E-state index contributed by atoms with van der Waals surface area (Å²) >= 11 is 4.93. The van der Waals surface area contributed by atoms with Crippen molar-refractivity contribution < 1.29 is 4.79 Å². The zero-order chi connectivity index (χ0) is 14.4. The molecule has 0 aliphatic carbocycles. The third kappa shape index (κ3) is 4.47. The number of nitrogens with one attached hydrogen (secondary N) is 2. The Bertz CT molecular complexity index is 581. The average Bonchev–Trinajstić information content (AvgIpc) is 2.94. The van der Waals surface area contributed by atoms with E-state index in [1.54, 1.807) is 24.5 Å². The number of carbonyl (C=O) groups is 1. The predicted molar refractivity (Wildman–Crippen MR) is 87.3 cm³/mol. The number of nitrogens with zero attached hydrogens (tertiary/aromatic N) is 1. The van der Waals surface area contributed by atoms with Gasteiger partial charge in [0.2, 0.25) is 0 Å². The average molecular weight is 352 g/mol. The van der Waals surface area contributed by atoms with E-state index in [4.69, 9.17) is 0 Å². The van der Waals surface area contributed by atoms with Gasteiger partial charge < -0.3 is 5.32 Å². The Hall–Kier alpha value is -1.66. The number of carbonyl (C=O) groups excluding carboxylic acids is 1. The highest BCUT2D eigenvalue weighted by molar-refractivity contribution is 9.10. The molecule has 0 aliphatic rings. The van der Waals surface area contributed by atoms with Gasteiger partial charge in [-0.2, -0.15) is 5.10 Å². The van der Waals surface area contributed by atoms with Crippen LogP contribution in [-0.2, 0) is 4.79 Å². The van der Waals surface area contributed by atoms with Gasteiger partial charge in [0.1, 0.15) is 6.04 Å². The van der Waals surface area contributed by atoms with Crippen LogP contribution in [0.5, 0.6) is 0 Å². The van der Waals surface area contributed by atoms with Crippen LogP contribution in [0.3, 0.4) is 0 Å². The Morgan fingerprint density at radius 2 is 2.10 bits per heavy atom. The molecule has 2 rings (SSSR count). The van der Waals surface area contributed by atoms with Crippen LogP contribution < -0.4 is 10.7 Å². The Morgan fingerprint density at radius 1 is 1.35 bits per heavy atom. The minimum Gasteiger partial charge on any atom is -0.374 e. The van der Waals surface area contributed by atoms with Crippen LogP contribution in [0.1, 0.15) is 11.8 Å². The van der Waals surface area contributed by atoms with E-state index in [1.807, 2.05) is 41.8 Å². The van der Waals surface area contributed by atoms with Crippen LogP contribution >= 0.6 is 27.3 Å². The number of benzene rings is 1. The van der Waals surface area contributed by atoms with Gasteiger partial charge in [-0.15, -0.1) is 11.3 Å². The van der Waals surface area contributed by atoms with Gasteiger partial charge in [-0.05, 0) is 42.6 Å². The van der Waals surface area contributed by atoms with Crippen molar-refractivity contribution in [2.24, 2.45) is 5.10 Å². The molecule has 0 unspecified atom stereocenters. The number of thiophene rings is 1. The van der Waals surface area contributed by atoms with Crippen LogP contribution in [0.15, 0.2) is 51.4 Å². The molecule has 2 aromatic rings. The summed E-state index contributed by atoms with van der Waals surface area (Å²) in [6.45, 7) is 1.79. The molecule has 1 atom stereocenters. The molecular weight excluding hydrogens is 338 g/mol. The van der Waals surface area contributed by atoms with Gasteiger partial charge in [-0.1, -0.05) is 22.0 Å². The zero-order valence-corrected chi connectivity index (χ0v) is 13.2. The lowest BCUT2D eigenvalue weighted by atomic mass is 10.2. The molecule has 20 heavy (non-hydrogen) atoms. The van der Waals surface area contributed by atoms with Gasteiger partial charge in [-0.25, -0.2) is 5.43 Å². The van der Waals surface area contributed by atoms with Crippen molar-refractivity contribution in [2.45, 2.75) is 13.0 Å². The van der Waals surface area contributed by atoms with Crippen LogP contribution in [-0.4, -0.2) is 18.2 Å². The Balaban J connectivity index is 1.84. The fraction of sp³-hybridized carbons (Fsp3) is 0.143. The minimum atomic E-state index is -0.364. The van der Waals surface area contributed by atoms with Crippen LogP contribution in [0.4, 0.5) is 5.69 Å². The van der Waals surface area contributed by atoms with E-state index in [2.05, 4.69) is 31.8 Å². The first-order valence-electron chi connectivity index (χ1n) is 6.03. The first-order chi connectivity index (χ1) is 9.65. The number of halogens is 1. The Kier molecular flexibility index (Phi) is 5.31. The van der Waals surface area contributed by atoms with E-state index in [1.165, 1.54) is 0 Å². The summed E-state index contributed by atoms with van der Waals surface area (Å²) in [5.74, 6) is -0.180. The van der Waals surface area contributed by atoms with Crippen molar-refractivity contribution >= 4 is 45.1 Å². The molecule has 0 saturated heterocycles. The van der Waals surface area contributed by atoms with Crippen molar-refractivity contribution in [3.05, 3.63) is 51.1 Å². The maximum atomic E-state index is 11.8. The molecule has 4 nitrogen and oxygen atoms in total. The fourth-order valence-corrected chi connectivity index (χ4v) is 2.33. The summed E-state index contributed by atoms with van der Waals surface area (Å²) in [7, 11) is 0. The van der Waals surface area contributed by atoms with E-state index >= 15 is 0 Å². The molecule has 0 bridgehead atoms. The number of rotatable bonds is 5. The van der Waals surface area contributed by atoms with E-state index in [0.717, 1.165) is 15.0 Å². The summed E-state index contributed by atoms with van der Waals surface area (Å²) in [4.78, 5) is 12.8. The van der Waals surface area contributed by atoms with Crippen molar-refractivity contribution in [2.75, 3.05) is 5.32 Å². The molecular formula is C14H14BrN3OS. The summed E-state index contributed by atoms with van der Waals surface area (Å²) in [5.41, 5.74) is 3.40. The molecule has 0 radical (unpaired) electrons. The normalized spacial score (nSPS) is 12.3. The minimum absolute atomic E-state index is 0.180. The molecule has 6 heteroatoms. The lowest BCUT2D eigenvalue weighted by molar-refractivity contribution is -0.121. The van der Waals surface area contributed by atoms with Gasteiger partial charge in [-0.3, -0.25) is 4.79 Å². The number of amides is 1. The summed E-state index contributed by atoms with van der Waals surface area (Å²) in [6.07, 6.45) is 1.63. The van der Waals surface area contributed by atoms with Crippen LogP contribution in [0.2, 0.25) is 0 Å². The monoisotopic (exact) mass is 351 g/mol. The highest BCUT2D eigenvalue weighted by Crippen LogP contribution is 2.14. The number of hydrogen-bond acceptors (Lipinski definition) is 4. The first-order valence-corrected chi connectivity index (χ1v) is 7.71. The number of hydrazone groups is 1. The second-order valence-electron chi connectivity index (χ2n) is 4.12. The third-order valence-corrected chi connectivity index (χ3v) is 3.87. The van der Waals surface area contributed by atoms with E-state index in [0.29, 0.717) is 0 Å². The number of anilines is 1. The third-order valence-electron chi connectivity index (χ3n) is 2.53. The quantitative estimate of drug-likeness (QED) is 0.640. The topological polar surface area (TPSA) is 53.5 Å². The van der Waals surface area contributed by atoms with Gasteiger partial charge in [0.15, 0.2) is 0 Å². The molecule has 1 aromatic heterocycles. The highest BCUT2D eigenvalue weighted by Gasteiger charge is 2.11. The second-order valence-corrected chi connectivity index (χ2v) is 6.02. The standard InChI is InChI=1S/C14H14BrN3OS/c1-10(17-12-6-4-11(15)5-7-12)14(19)18-16-9-13-3-2-8-20-13/h2-10,17H,1H3,(H,18,19)/b16-9-/t10-/m1/s1. The lowest BCUT2D eigenvalue weighted by Gasteiger charge is -2.13. The molecule has 0 spiro atoms. The fourth-order valence-electron chi connectivity index (χ4n) is 1.48. The van der Waals surface area contributed by atoms with E-state index in [-0.39, 0.29) is 11.9 Å². The summed E-state index contributed by atoms with van der Waals surface area (Å²) in [6, 6.07) is 11.2. The summed E-state index contributed by atoms with van der Waals surface area (Å²) < 4.78 is 1.00. The van der Waals surface area contributed by atoms with Crippen molar-refractivity contribution in [1.29, 1.82) is 0 Å². The van der Waals surface area contributed by atoms with Gasteiger partial charge in [0.25, 0.3) is 5.91 Å². The van der Waals surface area contributed by atoms with E-state index < -0.39 is 0 Å². The molecule has 1 amide bonds. The SMILES string of the molecule is C[C@@H](Nc1ccc(Br)cc1)C(=O)N/N=C\c1cccs1. The van der Waals surface area contributed by atoms with Crippen molar-refractivity contribution in [1.82, 2.24) is 5.43 Å². The molecule has 2 N–H and O–H groups in total. The van der Waals surface area contributed by atoms with Crippen LogP contribution in [0.25, 0.3) is 0 Å². The second kappa shape index (κ2) is 7.21. The van der Waals surface area contributed by atoms with Gasteiger partial charge >= 0.3 is 0 Å². The van der Waals surface area contributed by atoms with E-state index in [9.17, 15) is 4.79 Å². The van der Waals surface area contributed by atoms with Gasteiger partial charge in [0, 0.05) is 15.0 Å². The summed E-state index contributed by atoms with van der Waals surface area (Å²) in [5, 5.41) is 9.00. The molecule has 1 aromatic carbocycles. The highest BCUT2D eigenvalue weighted by atomic mass is 79.9. The zero-order valence-electron chi connectivity index (χ0n) is 10.8. The molecule has 0 fully saturated rings. The first kappa shape index (κ1) is 14.7. The molecule has 0 saturated carbocycles. The maximum absolute atomic E-state index is 11.8. The maximum Gasteiger partial charge on any atom is 0.262 e. The molecule has 0 aliphatic heterocycles. The van der Waals surface area contributed by atoms with Crippen molar-refractivity contribution in [3.63, 3.8) is 0 Å². The smallest absolute Gasteiger partial charge is 0.262 e. The predicted octanol–water partition coefficient (Wildman–Crippen LogP) is 3.46. The molecule has 1 heterocycles. The van der Waals surface area contributed by atoms with Crippen LogP contribution in [0, 0.1) is 0 Å². The Morgan fingerprint density at radius 3 is 2.75 bits per heavy atom. The van der Waals surface area contributed by atoms with Gasteiger partial charge in [0.05, 0.1) is 6.21 Å². The molecule has 104 valence electrons. The Labute approximate surface area is 130 Å². The largest absolute Gasteiger partial charge is 0.374 e. The number of hydrogen-bond donors (Lipinski definition) is 2. The van der Waals surface area contributed by atoms with Crippen molar-refractivity contribution in [3.8, 4) is 0 Å².